The number of rotatable bonds is 5. The van der Waals surface area contributed by atoms with Crippen LogP contribution in [0.2, 0.25) is 0 Å². The molecule has 0 fully saturated rings. The normalized spacial score (nSPS) is 16.3. The zero-order chi connectivity index (χ0) is 15.9. The smallest absolute Gasteiger partial charge is 0.369 e. The zero-order valence-corrected chi connectivity index (χ0v) is 9.17. The minimum atomic E-state index is -7.01. The molecule has 11 heteroatoms. The fourth-order valence-electron chi connectivity index (χ4n) is 1.24. The first-order valence-corrected chi connectivity index (χ1v) is 4.64. The molecule has 0 aliphatic heterocycles. The third-order valence-electron chi connectivity index (χ3n) is 2.36. The van der Waals surface area contributed by atoms with E-state index in [4.69, 9.17) is 0 Å². The number of carbonyl (C=O) groups excluding carboxylic acids is 1. The SMILES string of the molecule is CCC(C(N)=O)C(F)(F)C(F)(F)C(F)(F)C(F)(F)F. The van der Waals surface area contributed by atoms with Crippen LogP contribution in [0.25, 0.3) is 0 Å². The fraction of sp³-hybridized carbons (Fsp3) is 0.875. The maximum atomic E-state index is 13.1. The van der Waals surface area contributed by atoms with Crippen molar-refractivity contribution in [2.24, 2.45) is 11.7 Å². The number of alkyl halides is 9. The molecule has 114 valence electrons. The van der Waals surface area contributed by atoms with Gasteiger partial charge in [0, 0.05) is 0 Å². The molecule has 0 radical (unpaired) electrons. The molecule has 0 bridgehead atoms. The van der Waals surface area contributed by atoms with Crippen LogP contribution in [-0.2, 0) is 4.79 Å². The summed E-state index contributed by atoms with van der Waals surface area (Å²) >= 11 is 0. The van der Waals surface area contributed by atoms with E-state index in [1.54, 1.807) is 0 Å². The Morgan fingerprint density at radius 2 is 1.32 bits per heavy atom. The molecule has 0 aromatic rings. The van der Waals surface area contributed by atoms with Gasteiger partial charge < -0.3 is 5.73 Å². The molecule has 0 spiro atoms. The summed E-state index contributed by atoms with van der Waals surface area (Å²) in [6.45, 7) is 0.713. The van der Waals surface area contributed by atoms with Crippen molar-refractivity contribution < 1.29 is 44.3 Å². The molecular formula is C8H8F9NO. The Morgan fingerprint density at radius 3 is 1.53 bits per heavy atom. The van der Waals surface area contributed by atoms with Crippen LogP contribution in [0.1, 0.15) is 13.3 Å². The molecule has 1 unspecified atom stereocenters. The zero-order valence-electron chi connectivity index (χ0n) is 9.17. The number of primary amides is 1. The Morgan fingerprint density at radius 1 is 0.947 bits per heavy atom. The molecule has 19 heavy (non-hydrogen) atoms. The quantitative estimate of drug-likeness (QED) is 0.780. The van der Waals surface area contributed by atoms with Crippen molar-refractivity contribution in [1.29, 1.82) is 0 Å². The minimum absolute atomic E-state index is 0.713. The second kappa shape index (κ2) is 4.75. The maximum absolute atomic E-state index is 13.1. The van der Waals surface area contributed by atoms with Gasteiger partial charge in [0.15, 0.2) is 0 Å². The first kappa shape index (κ1) is 17.8. The summed E-state index contributed by atoms with van der Waals surface area (Å²) in [7, 11) is 0. The molecule has 0 rings (SSSR count). The number of amides is 1. The van der Waals surface area contributed by atoms with E-state index in [1.807, 2.05) is 0 Å². The monoisotopic (exact) mass is 305 g/mol. The number of hydrogen-bond donors (Lipinski definition) is 1. The molecule has 1 amide bonds. The topological polar surface area (TPSA) is 43.1 Å². The van der Waals surface area contributed by atoms with Gasteiger partial charge in [0.2, 0.25) is 5.91 Å². The van der Waals surface area contributed by atoms with E-state index < -0.39 is 42.2 Å². The summed E-state index contributed by atoms with van der Waals surface area (Å²) in [5, 5.41) is 0. The third kappa shape index (κ3) is 2.59. The van der Waals surface area contributed by atoms with Gasteiger partial charge >= 0.3 is 23.9 Å². The van der Waals surface area contributed by atoms with Gasteiger partial charge in [0.25, 0.3) is 0 Å². The summed E-state index contributed by atoms with van der Waals surface area (Å²) in [6, 6.07) is 0. The highest BCUT2D eigenvalue weighted by molar-refractivity contribution is 5.77. The van der Waals surface area contributed by atoms with E-state index in [9.17, 15) is 44.3 Å². The fourth-order valence-corrected chi connectivity index (χ4v) is 1.24. The van der Waals surface area contributed by atoms with Crippen molar-refractivity contribution >= 4 is 5.91 Å². The molecule has 0 aliphatic carbocycles. The molecule has 0 saturated carbocycles. The van der Waals surface area contributed by atoms with Crippen molar-refractivity contribution in [2.75, 3.05) is 0 Å². The van der Waals surface area contributed by atoms with Gasteiger partial charge in [-0.15, -0.1) is 0 Å². The molecule has 0 aliphatic rings. The van der Waals surface area contributed by atoms with Crippen molar-refractivity contribution in [2.45, 2.75) is 37.3 Å². The van der Waals surface area contributed by atoms with Gasteiger partial charge in [-0.25, -0.2) is 0 Å². The summed E-state index contributed by atoms with van der Waals surface area (Å²) in [6.07, 6.45) is -8.04. The molecular weight excluding hydrogens is 297 g/mol. The van der Waals surface area contributed by atoms with Crippen molar-refractivity contribution in [3.8, 4) is 0 Å². The van der Waals surface area contributed by atoms with Gasteiger partial charge in [-0.2, -0.15) is 39.5 Å². The van der Waals surface area contributed by atoms with E-state index in [0.29, 0.717) is 6.92 Å². The van der Waals surface area contributed by atoms with Gasteiger partial charge in [0.05, 0.1) is 0 Å². The Labute approximate surface area is 100 Å². The largest absolute Gasteiger partial charge is 0.460 e. The average Bonchev–Trinajstić information content (AvgIpc) is 2.14. The molecule has 0 aromatic heterocycles. The highest BCUT2D eigenvalue weighted by atomic mass is 19.4. The van der Waals surface area contributed by atoms with Crippen LogP contribution in [0.4, 0.5) is 39.5 Å². The molecule has 0 heterocycles. The minimum Gasteiger partial charge on any atom is -0.369 e. The van der Waals surface area contributed by atoms with Crippen LogP contribution in [0, 0.1) is 5.92 Å². The van der Waals surface area contributed by atoms with E-state index in [-0.39, 0.29) is 0 Å². The second-order valence-electron chi connectivity index (χ2n) is 3.63. The van der Waals surface area contributed by atoms with E-state index >= 15 is 0 Å². The lowest BCUT2D eigenvalue weighted by Crippen LogP contribution is -2.64. The average molecular weight is 305 g/mol. The molecule has 0 aromatic carbocycles. The van der Waals surface area contributed by atoms with Gasteiger partial charge in [-0.05, 0) is 6.42 Å². The van der Waals surface area contributed by atoms with E-state index in [1.165, 1.54) is 0 Å². The van der Waals surface area contributed by atoms with Crippen LogP contribution in [0.5, 0.6) is 0 Å². The van der Waals surface area contributed by atoms with E-state index in [2.05, 4.69) is 5.73 Å². The van der Waals surface area contributed by atoms with Crippen LogP contribution in [0.15, 0.2) is 0 Å². The van der Waals surface area contributed by atoms with Crippen LogP contribution < -0.4 is 5.73 Å². The predicted octanol–water partition coefficient (Wildman–Crippen LogP) is 2.97. The Bertz CT molecular complexity index is 349. The summed E-state index contributed by atoms with van der Waals surface area (Å²) < 4.78 is 112. The standard InChI is InChI=1S/C8H8F9NO/c1-2-3(4(18)19)5(9,10)6(11,12)7(13,14)8(15,16)17/h3H,2H2,1H3,(H2,18,19). The predicted molar refractivity (Wildman–Crippen MR) is 43.9 cm³/mol. The molecule has 2 N–H and O–H groups in total. The first-order valence-electron chi connectivity index (χ1n) is 4.64. The highest BCUT2D eigenvalue weighted by Gasteiger charge is 2.83. The number of halogens is 9. The summed E-state index contributed by atoms with van der Waals surface area (Å²) in [4.78, 5) is 10.5. The number of carbonyl (C=O) groups is 1. The Hall–Kier alpha value is -1.16. The third-order valence-corrected chi connectivity index (χ3v) is 2.36. The summed E-state index contributed by atoms with van der Waals surface area (Å²) in [5.41, 5.74) is 4.30. The molecule has 0 saturated heterocycles. The van der Waals surface area contributed by atoms with Gasteiger partial charge in [-0.3, -0.25) is 4.79 Å². The lowest BCUT2D eigenvalue weighted by atomic mass is 9.89. The van der Waals surface area contributed by atoms with Crippen molar-refractivity contribution in [3.05, 3.63) is 0 Å². The molecule has 2 nitrogen and oxygen atoms in total. The summed E-state index contributed by atoms with van der Waals surface area (Å²) in [5.74, 6) is -25.0. The Balaban J connectivity index is 5.82. The van der Waals surface area contributed by atoms with Crippen molar-refractivity contribution in [3.63, 3.8) is 0 Å². The van der Waals surface area contributed by atoms with Gasteiger partial charge in [0.1, 0.15) is 5.92 Å². The number of nitrogens with two attached hydrogens (primary N) is 1. The van der Waals surface area contributed by atoms with Crippen LogP contribution in [-0.4, -0.2) is 29.9 Å². The lowest BCUT2D eigenvalue weighted by molar-refractivity contribution is -0.401. The maximum Gasteiger partial charge on any atom is 0.460 e. The second-order valence-corrected chi connectivity index (χ2v) is 3.63. The number of hydrogen-bond acceptors (Lipinski definition) is 1. The van der Waals surface area contributed by atoms with Crippen LogP contribution in [0.3, 0.4) is 0 Å². The Kier molecular flexibility index (Phi) is 4.46. The lowest BCUT2D eigenvalue weighted by Gasteiger charge is -2.36. The highest BCUT2D eigenvalue weighted by Crippen LogP contribution is 2.55. The first-order chi connectivity index (χ1) is 8.14. The van der Waals surface area contributed by atoms with Crippen LogP contribution >= 0.6 is 0 Å². The van der Waals surface area contributed by atoms with Crippen molar-refractivity contribution in [1.82, 2.24) is 0 Å². The molecule has 1 atom stereocenters. The van der Waals surface area contributed by atoms with E-state index in [0.717, 1.165) is 0 Å². The van der Waals surface area contributed by atoms with Gasteiger partial charge in [-0.1, -0.05) is 6.92 Å².